The Kier molecular flexibility index (Phi) is 3.47. The molecule has 7 heteroatoms. The summed E-state index contributed by atoms with van der Waals surface area (Å²) in [6, 6.07) is -0.254. The van der Waals surface area contributed by atoms with E-state index in [1.165, 1.54) is 5.57 Å². The van der Waals surface area contributed by atoms with Crippen LogP contribution in [-0.2, 0) is 0 Å². The van der Waals surface area contributed by atoms with E-state index in [9.17, 15) is 18.0 Å². The van der Waals surface area contributed by atoms with Gasteiger partial charge in [0.15, 0.2) is 0 Å². The molecule has 124 valence electrons. The molecular weight excluding hydrogens is 295 g/mol. The van der Waals surface area contributed by atoms with Crippen LogP contribution in [-0.4, -0.2) is 49.8 Å². The highest BCUT2D eigenvalue weighted by molar-refractivity contribution is 5.75. The summed E-state index contributed by atoms with van der Waals surface area (Å²) in [6.45, 7) is 5.62. The van der Waals surface area contributed by atoms with E-state index in [1.54, 1.807) is 4.90 Å². The number of hydrogen-bond acceptors (Lipinski definition) is 2. The van der Waals surface area contributed by atoms with Crippen molar-refractivity contribution in [3.63, 3.8) is 0 Å². The van der Waals surface area contributed by atoms with Gasteiger partial charge in [-0.2, -0.15) is 13.2 Å². The zero-order valence-electron chi connectivity index (χ0n) is 12.9. The lowest BCUT2D eigenvalue weighted by atomic mass is 9.95. The normalized spacial score (nSPS) is 34.7. The van der Waals surface area contributed by atoms with Gasteiger partial charge in [0.25, 0.3) is 0 Å². The second-order valence-electron chi connectivity index (χ2n) is 7.03. The second-order valence-corrected chi connectivity index (χ2v) is 7.03. The maximum absolute atomic E-state index is 13.2. The molecular formula is C15H22F3N3O. The molecule has 22 heavy (non-hydrogen) atoms. The third-order valence-electron chi connectivity index (χ3n) is 5.74. The first-order valence-electron chi connectivity index (χ1n) is 7.66. The molecule has 0 aromatic heterocycles. The average Bonchev–Trinajstić information content (AvgIpc) is 2.96. The minimum absolute atomic E-state index is 0.0306. The molecule has 3 aliphatic rings. The minimum Gasteiger partial charge on any atom is -0.337 e. The van der Waals surface area contributed by atoms with Crippen LogP contribution in [0.15, 0.2) is 11.1 Å². The monoisotopic (exact) mass is 317 g/mol. The molecule has 2 heterocycles. The highest BCUT2D eigenvalue weighted by Gasteiger charge is 2.81. The van der Waals surface area contributed by atoms with Crippen molar-refractivity contribution in [2.24, 2.45) is 10.8 Å². The molecule has 1 saturated heterocycles. The molecule has 2 fully saturated rings. The van der Waals surface area contributed by atoms with E-state index in [2.05, 4.69) is 17.6 Å². The van der Waals surface area contributed by atoms with Crippen LogP contribution >= 0.6 is 0 Å². The number of nitrogens with zero attached hydrogens (tertiary/aromatic N) is 1. The van der Waals surface area contributed by atoms with Crippen molar-refractivity contribution in [2.45, 2.75) is 32.9 Å². The molecule has 0 aromatic rings. The summed E-state index contributed by atoms with van der Waals surface area (Å²) in [7, 11) is 0. The number of urea groups is 1. The Morgan fingerprint density at radius 1 is 1.32 bits per heavy atom. The van der Waals surface area contributed by atoms with Crippen molar-refractivity contribution in [1.29, 1.82) is 0 Å². The van der Waals surface area contributed by atoms with E-state index in [0.29, 0.717) is 19.6 Å². The highest BCUT2D eigenvalue weighted by atomic mass is 19.4. The van der Waals surface area contributed by atoms with Gasteiger partial charge < -0.3 is 15.5 Å². The summed E-state index contributed by atoms with van der Waals surface area (Å²) in [5.74, 6) is 0. The smallest absolute Gasteiger partial charge is 0.337 e. The van der Waals surface area contributed by atoms with Gasteiger partial charge in [-0.15, -0.1) is 0 Å². The van der Waals surface area contributed by atoms with E-state index in [0.717, 1.165) is 12.0 Å². The van der Waals surface area contributed by atoms with E-state index in [4.69, 9.17) is 0 Å². The Bertz CT molecular complexity index is 531. The highest BCUT2D eigenvalue weighted by Crippen LogP contribution is 2.72. The van der Waals surface area contributed by atoms with Gasteiger partial charge in [-0.05, 0) is 26.7 Å². The second kappa shape index (κ2) is 4.88. The van der Waals surface area contributed by atoms with Crippen molar-refractivity contribution in [2.75, 3.05) is 32.7 Å². The van der Waals surface area contributed by atoms with Gasteiger partial charge in [0, 0.05) is 38.1 Å². The van der Waals surface area contributed by atoms with Crippen molar-refractivity contribution >= 4 is 6.03 Å². The Hall–Kier alpha value is -1.24. The lowest BCUT2D eigenvalue weighted by Crippen LogP contribution is -2.46. The predicted octanol–water partition coefficient (Wildman–Crippen LogP) is 2.28. The van der Waals surface area contributed by atoms with Gasteiger partial charge in [0.05, 0.1) is 5.41 Å². The molecule has 3 rings (SSSR count). The van der Waals surface area contributed by atoms with Gasteiger partial charge in [-0.25, -0.2) is 4.79 Å². The van der Waals surface area contributed by atoms with Gasteiger partial charge >= 0.3 is 12.2 Å². The number of rotatable bonds is 2. The molecule has 0 spiro atoms. The Labute approximate surface area is 128 Å². The maximum Gasteiger partial charge on any atom is 0.396 e. The van der Waals surface area contributed by atoms with Crippen LogP contribution in [0.5, 0.6) is 0 Å². The van der Waals surface area contributed by atoms with Gasteiger partial charge in [0.1, 0.15) is 0 Å². The number of halogens is 3. The first-order chi connectivity index (χ1) is 10.2. The van der Waals surface area contributed by atoms with Crippen molar-refractivity contribution in [3.8, 4) is 0 Å². The van der Waals surface area contributed by atoms with Crippen LogP contribution in [0.25, 0.3) is 0 Å². The first-order valence-corrected chi connectivity index (χ1v) is 7.66. The van der Waals surface area contributed by atoms with Gasteiger partial charge in [0.2, 0.25) is 0 Å². The van der Waals surface area contributed by atoms with E-state index in [-0.39, 0.29) is 25.5 Å². The van der Waals surface area contributed by atoms with Crippen LogP contribution in [0.2, 0.25) is 0 Å². The molecule has 4 nitrogen and oxygen atoms in total. The SMILES string of the molecule is CC1=C(C)CN(C(=O)NC[C@@]23CNC[C@]2(C(F)(F)F)C3)CC1. The molecule has 0 bridgehead atoms. The third-order valence-corrected chi connectivity index (χ3v) is 5.74. The summed E-state index contributed by atoms with van der Waals surface area (Å²) in [6.07, 6.45) is -3.25. The molecule has 2 aliphatic heterocycles. The van der Waals surface area contributed by atoms with Crippen molar-refractivity contribution in [3.05, 3.63) is 11.1 Å². The fraction of sp³-hybridized carbons (Fsp3) is 0.800. The number of carbonyl (C=O) groups excluding carboxylic acids is 1. The van der Waals surface area contributed by atoms with Crippen molar-refractivity contribution < 1.29 is 18.0 Å². The zero-order chi connectivity index (χ0) is 16.2. The summed E-state index contributed by atoms with van der Waals surface area (Å²) >= 11 is 0. The number of nitrogens with one attached hydrogen (secondary N) is 2. The summed E-state index contributed by atoms with van der Waals surface area (Å²) in [5.41, 5.74) is -0.0295. The Morgan fingerprint density at radius 3 is 2.64 bits per heavy atom. The maximum atomic E-state index is 13.2. The largest absolute Gasteiger partial charge is 0.396 e. The zero-order valence-corrected chi connectivity index (χ0v) is 12.9. The minimum atomic E-state index is -4.21. The van der Waals surface area contributed by atoms with Gasteiger partial charge in [-0.1, -0.05) is 11.1 Å². The summed E-state index contributed by atoms with van der Waals surface area (Å²) in [4.78, 5) is 13.9. The third kappa shape index (κ3) is 2.21. The molecule has 2 amide bonds. The standard InChI is InChI=1S/C15H22F3N3O/c1-10-3-4-21(5-11(10)2)12(22)20-8-13-6-14(13,9-19-7-13)15(16,17)18/h19H,3-9H2,1-2H3,(H,20,22)/t13-,14-/m1/s1. The molecule has 2 atom stereocenters. The number of piperidine rings is 1. The molecule has 1 saturated carbocycles. The topological polar surface area (TPSA) is 44.4 Å². The van der Waals surface area contributed by atoms with Crippen LogP contribution in [0, 0.1) is 10.8 Å². The quantitative estimate of drug-likeness (QED) is 0.768. The van der Waals surface area contributed by atoms with Crippen LogP contribution < -0.4 is 10.6 Å². The van der Waals surface area contributed by atoms with Crippen LogP contribution in [0.4, 0.5) is 18.0 Å². The summed E-state index contributed by atoms with van der Waals surface area (Å²) in [5, 5.41) is 5.57. The number of alkyl halides is 3. The van der Waals surface area contributed by atoms with Gasteiger partial charge in [-0.3, -0.25) is 0 Å². The number of amides is 2. The fourth-order valence-corrected chi connectivity index (χ4v) is 3.87. The molecule has 0 unspecified atom stereocenters. The molecule has 0 radical (unpaired) electrons. The van der Waals surface area contributed by atoms with Crippen molar-refractivity contribution in [1.82, 2.24) is 15.5 Å². The predicted molar refractivity (Wildman–Crippen MR) is 76.4 cm³/mol. The lowest BCUT2D eigenvalue weighted by Gasteiger charge is -2.30. The molecule has 2 N–H and O–H groups in total. The van der Waals surface area contributed by atoms with E-state index in [1.807, 2.05) is 6.92 Å². The van der Waals surface area contributed by atoms with E-state index < -0.39 is 17.0 Å². The number of hydrogen-bond donors (Lipinski definition) is 2. The van der Waals surface area contributed by atoms with Crippen LogP contribution in [0.1, 0.15) is 26.7 Å². The Morgan fingerprint density at radius 2 is 2.05 bits per heavy atom. The van der Waals surface area contributed by atoms with E-state index >= 15 is 0 Å². The fourth-order valence-electron chi connectivity index (χ4n) is 3.87. The summed E-state index contributed by atoms with van der Waals surface area (Å²) < 4.78 is 39.7. The van der Waals surface area contributed by atoms with Crippen LogP contribution in [0.3, 0.4) is 0 Å². The lowest BCUT2D eigenvalue weighted by molar-refractivity contribution is -0.190. The average molecular weight is 317 g/mol. The molecule has 0 aromatic carbocycles. The number of fused-ring (bicyclic) bond motifs is 1. The molecule has 1 aliphatic carbocycles. The Balaban J connectivity index is 1.59. The first kappa shape index (κ1) is 15.6. The number of carbonyl (C=O) groups is 1.